The van der Waals surface area contributed by atoms with Crippen LogP contribution in [0, 0.1) is 0 Å². The lowest BCUT2D eigenvalue weighted by Crippen LogP contribution is -2.30. The minimum atomic E-state index is -0.344. The van der Waals surface area contributed by atoms with Gasteiger partial charge in [0.2, 0.25) is 17.6 Å². The first-order valence-electron chi connectivity index (χ1n) is 9.16. The molecule has 0 aliphatic heterocycles. The molecule has 30 heavy (non-hydrogen) atoms. The number of nitrogens with one attached hydrogen (secondary N) is 3. The lowest BCUT2D eigenvalue weighted by atomic mass is 10.2. The highest BCUT2D eigenvalue weighted by atomic mass is 35.5. The first kappa shape index (κ1) is 19.6. The average molecular weight is 425 g/mol. The smallest absolute Gasteiger partial charge is 0.272 e. The Hall–Kier alpha value is -3.72. The van der Waals surface area contributed by atoms with Crippen molar-refractivity contribution < 1.29 is 14.1 Å². The van der Waals surface area contributed by atoms with Crippen molar-refractivity contribution in [2.75, 3.05) is 6.54 Å². The van der Waals surface area contributed by atoms with E-state index in [0.717, 1.165) is 16.5 Å². The van der Waals surface area contributed by atoms with E-state index in [4.69, 9.17) is 16.1 Å². The molecule has 0 spiro atoms. The molecule has 0 fully saturated rings. The lowest BCUT2D eigenvalue weighted by molar-refractivity contribution is -0.121. The Labute approximate surface area is 175 Å². The number of aromatic amines is 1. The highest BCUT2D eigenvalue weighted by Gasteiger charge is 2.14. The summed E-state index contributed by atoms with van der Waals surface area (Å²) >= 11 is 5.96. The fourth-order valence-electron chi connectivity index (χ4n) is 2.84. The highest BCUT2D eigenvalue weighted by Crippen LogP contribution is 2.20. The molecular weight excluding hydrogens is 408 g/mol. The van der Waals surface area contributed by atoms with Gasteiger partial charge >= 0.3 is 0 Å². The van der Waals surface area contributed by atoms with Gasteiger partial charge in [-0.2, -0.15) is 10.1 Å². The van der Waals surface area contributed by atoms with Gasteiger partial charge in [-0.05, 0) is 18.2 Å². The van der Waals surface area contributed by atoms with Gasteiger partial charge in [0.05, 0.1) is 12.1 Å². The summed E-state index contributed by atoms with van der Waals surface area (Å²) in [4.78, 5) is 28.5. The summed E-state index contributed by atoms with van der Waals surface area (Å²) in [6.07, 6.45) is 0.101. The van der Waals surface area contributed by atoms with Gasteiger partial charge in [0.25, 0.3) is 5.91 Å². The van der Waals surface area contributed by atoms with E-state index in [2.05, 4.69) is 31.0 Å². The van der Waals surface area contributed by atoms with Gasteiger partial charge < -0.3 is 15.2 Å². The number of hydrogen-bond donors (Lipinski definition) is 3. The van der Waals surface area contributed by atoms with Crippen LogP contribution in [0.25, 0.3) is 22.3 Å². The van der Waals surface area contributed by atoms with Gasteiger partial charge in [-0.15, -0.1) is 0 Å². The minimum Gasteiger partial charge on any atom is -0.350 e. The van der Waals surface area contributed by atoms with Crippen LogP contribution in [-0.2, 0) is 11.3 Å². The SMILES string of the molecule is O=C(CCNC(=O)c1n[nH]c2ccccc12)NCc1nc(-c2cccc(Cl)c2)no1. The Morgan fingerprint density at radius 3 is 2.83 bits per heavy atom. The topological polar surface area (TPSA) is 126 Å². The Kier molecular flexibility index (Phi) is 5.71. The molecule has 2 aromatic heterocycles. The number of carbonyl (C=O) groups excluding carboxylic acids is 2. The van der Waals surface area contributed by atoms with Gasteiger partial charge in [-0.1, -0.05) is 47.1 Å². The van der Waals surface area contributed by atoms with Crippen LogP contribution in [0.2, 0.25) is 5.02 Å². The highest BCUT2D eigenvalue weighted by molar-refractivity contribution is 6.30. The molecule has 0 aliphatic carbocycles. The molecule has 0 unspecified atom stereocenters. The van der Waals surface area contributed by atoms with Crippen molar-refractivity contribution in [1.29, 1.82) is 0 Å². The van der Waals surface area contributed by atoms with Gasteiger partial charge in [0.15, 0.2) is 5.69 Å². The number of halogens is 1. The van der Waals surface area contributed by atoms with Crippen LogP contribution in [0.15, 0.2) is 53.1 Å². The van der Waals surface area contributed by atoms with Crippen LogP contribution in [0.4, 0.5) is 0 Å². The lowest BCUT2D eigenvalue weighted by Gasteiger charge is -2.04. The zero-order valence-corrected chi connectivity index (χ0v) is 16.4. The number of benzene rings is 2. The van der Waals surface area contributed by atoms with E-state index in [1.807, 2.05) is 30.3 Å². The number of amides is 2. The Morgan fingerprint density at radius 1 is 1.10 bits per heavy atom. The number of aromatic nitrogens is 4. The van der Waals surface area contributed by atoms with Crippen molar-refractivity contribution in [2.24, 2.45) is 0 Å². The summed E-state index contributed by atoms with van der Waals surface area (Å²) in [5.74, 6) is 0.0543. The maximum atomic E-state index is 12.3. The van der Waals surface area contributed by atoms with E-state index < -0.39 is 0 Å². The standard InChI is InChI=1S/C20H17ClN6O3/c21-13-5-3-4-12(10-13)19-24-17(30-27-19)11-23-16(28)8-9-22-20(29)18-14-6-1-2-7-15(14)25-26-18/h1-7,10H,8-9,11H2,(H,22,29)(H,23,28)(H,25,26). The number of carbonyl (C=O) groups is 2. The van der Waals surface area contributed by atoms with Crippen LogP contribution >= 0.6 is 11.6 Å². The zero-order chi connectivity index (χ0) is 20.9. The van der Waals surface area contributed by atoms with Crippen molar-refractivity contribution in [3.8, 4) is 11.4 Å². The molecule has 2 amide bonds. The van der Waals surface area contributed by atoms with Crippen LogP contribution in [0.1, 0.15) is 22.8 Å². The van der Waals surface area contributed by atoms with Gasteiger partial charge in [-0.25, -0.2) is 0 Å². The Morgan fingerprint density at radius 2 is 1.97 bits per heavy atom. The monoisotopic (exact) mass is 424 g/mol. The van der Waals surface area contributed by atoms with Crippen LogP contribution in [0.5, 0.6) is 0 Å². The molecule has 0 bridgehead atoms. The van der Waals surface area contributed by atoms with Gasteiger partial charge in [0, 0.05) is 28.9 Å². The van der Waals surface area contributed by atoms with E-state index in [1.165, 1.54) is 0 Å². The zero-order valence-electron chi connectivity index (χ0n) is 15.7. The molecule has 9 nitrogen and oxygen atoms in total. The summed E-state index contributed by atoms with van der Waals surface area (Å²) < 4.78 is 5.14. The maximum absolute atomic E-state index is 12.3. The molecule has 0 aliphatic rings. The van der Waals surface area contributed by atoms with E-state index in [-0.39, 0.29) is 37.2 Å². The predicted molar refractivity (Wildman–Crippen MR) is 110 cm³/mol. The van der Waals surface area contributed by atoms with Gasteiger partial charge in [-0.3, -0.25) is 14.7 Å². The molecule has 0 radical (unpaired) electrons. The first-order chi connectivity index (χ1) is 14.6. The summed E-state index contributed by atoms with van der Waals surface area (Å²) in [6.45, 7) is 0.258. The molecular formula is C20H17ClN6O3. The largest absolute Gasteiger partial charge is 0.350 e. The van der Waals surface area contributed by atoms with Crippen molar-refractivity contribution in [2.45, 2.75) is 13.0 Å². The van der Waals surface area contributed by atoms with Crippen molar-refractivity contribution in [3.05, 3.63) is 65.1 Å². The second-order valence-corrected chi connectivity index (χ2v) is 6.86. The molecule has 4 aromatic rings. The summed E-state index contributed by atoms with van der Waals surface area (Å²) in [6, 6.07) is 14.4. The second-order valence-electron chi connectivity index (χ2n) is 6.42. The van der Waals surface area contributed by atoms with E-state index in [0.29, 0.717) is 16.5 Å². The summed E-state index contributed by atoms with van der Waals surface area (Å²) in [5, 5.41) is 17.4. The average Bonchev–Trinajstić information content (AvgIpc) is 3.39. The van der Waals surface area contributed by atoms with Crippen LogP contribution in [0.3, 0.4) is 0 Å². The van der Waals surface area contributed by atoms with E-state index in [9.17, 15) is 9.59 Å². The number of fused-ring (bicyclic) bond motifs is 1. The number of hydrogen-bond acceptors (Lipinski definition) is 6. The molecule has 0 saturated carbocycles. The van der Waals surface area contributed by atoms with Crippen LogP contribution < -0.4 is 10.6 Å². The molecule has 3 N–H and O–H groups in total. The third-order valence-electron chi connectivity index (χ3n) is 4.31. The number of H-pyrrole nitrogens is 1. The quantitative estimate of drug-likeness (QED) is 0.418. The second kappa shape index (κ2) is 8.75. The summed E-state index contributed by atoms with van der Waals surface area (Å²) in [7, 11) is 0. The minimum absolute atomic E-state index is 0.0876. The third-order valence-corrected chi connectivity index (χ3v) is 4.55. The molecule has 2 aromatic carbocycles. The molecule has 0 atom stereocenters. The molecule has 4 rings (SSSR count). The Bertz CT molecular complexity index is 1200. The van der Waals surface area contributed by atoms with Gasteiger partial charge in [0.1, 0.15) is 0 Å². The Balaban J connectivity index is 1.24. The van der Waals surface area contributed by atoms with Crippen LogP contribution in [-0.4, -0.2) is 38.7 Å². The van der Waals surface area contributed by atoms with E-state index >= 15 is 0 Å². The third kappa shape index (κ3) is 4.47. The molecule has 10 heteroatoms. The van der Waals surface area contributed by atoms with Crippen molar-refractivity contribution in [1.82, 2.24) is 31.0 Å². The molecule has 0 saturated heterocycles. The normalized spacial score (nSPS) is 10.8. The van der Waals surface area contributed by atoms with Crippen molar-refractivity contribution in [3.63, 3.8) is 0 Å². The fourth-order valence-corrected chi connectivity index (χ4v) is 3.03. The predicted octanol–water partition coefficient (Wildman–Crippen LogP) is 2.70. The number of nitrogens with zero attached hydrogens (tertiary/aromatic N) is 3. The number of para-hydroxylation sites is 1. The maximum Gasteiger partial charge on any atom is 0.272 e. The summed E-state index contributed by atoms with van der Waals surface area (Å²) in [5.41, 5.74) is 1.79. The fraction of sp³-hybridized carbons (Fsp3) is 0.150. The van der Waals surface area contributed by atoms with Crippen molar-refractivity contribution >= 4 is 34.3 Å². The number of rotatable bonds is 7. The molecule has 2 heterocycles. The molecule has 152 valence electrons. The van der Waals surface area contributed by atoms with E-state index in [1.54, 1.807) is 18.2 Å². The first-order valence-corrected chi connectivity index (χ1v) is 9.54.